The van der Waals surface area contributed by atoms with E-state index in [9.17, 15) is 33.3 Å². The van der Waals surface area contributed by atoms with Gasteiger partial charge in [-0.25, -0.2) is 18.5 Å². The number of nitrogens with one attached hydrogen (secondary N) is 1. The van der Waals surface area contributed by atoms with Gasteiger partial charge in [0.15, 0.2) is 0 Å². The van der Waals surface area contributed by atoms with Crippen LogP contribution in [0.1, 0.15) is 18.2 Å². The van der Waals surface area contributed by atoms with Crippen molar-refractivity contribution >= 4 is 112 Å². The minimum Gasteiger partial charge on any atom is -0.390 e. The summed E-state index contributed by atoms with van der Waals surface area (Å²) in [5.41, 5.74) is -1.26. The number of aromatic nitrogens is 2. The fourth-order valence-electron chi connectivity index (χ4n) is 2.31. The number of phosphoric acid groups is 3. The minimum absolute atomic E-state index is 0. The molecule has 16 nitrogen and oxygen atoms in total. The zero-order valence-corrected chi connectivity index (χ0v) is 26.1. The molecule has 1 aromatic heterocycles. The number of aromatic amines is 1. The monoisotopic (exact) mass is 551 g/mol. The molecule has 0 aliphatic carbocycles. The maximum Gasteiger partial charge on any atom is 0.490 e. The molecule has 0 spiro atoms. The number of aliphatic hydroxyl groups excluding tert-OH is 1. The normalized spacial score (nSPS) is 24.2. The van der Waals surface area contributed by atoms with Gasteiger partial charge in [-0.3, -0.25) is 18.9 Å². The number of nitrogens with zero attached hydrogens (tertiary/aromatic N) is 1. The molecule has 22 heteroatoms. The summed E-state index contributed by atoms with van der Waals surface area (Å²) in [5.74, 6) is 0. The van der Waals surface area contributed by atoms with Crippen molar-refractivity contribution in [1.29, 1.82) is 0 Å². The number of ether oxygens (including phenoxy) is 1. The number of rotatable bonds is 8. The van der Waals surface area contributed by atoms with Gasteiger partial charge in [0.1, 0.15) is 12.3 Å². The SMILES string of the molecule is Cc1cn([C@H]2C[C@H](O)[C@@H](COP(=O)(O)OP(=O)(O)OP(=O)(O)O)O2)c(=O)[nH]c1=O.[Na].[Na].[Na]. The van der Waals surface area contributed by atoms with Gasteiger partial charge in [0.05, 0.1) is 12.7 Å². The maximum absolute atomic E-state index is 11.9. The second-order valence-corrected chi connectivity index (χ2v) is 10.2. The van der Waals surface area contributed by atoms with Crippen molar-refractivity contribution in [2.24, 2.45) is 0 Å². The average molecular weight is 551 g/mol. The van der Waals surface area contributed by atoms with E-state index in [2.05, 4.69) is 13.1 Å². The van der Waals surface area contributed by atoms with Crippen LogP contribution in [0.25, 0.3) is 0 Å². The Morgan fingerprint density at radius 2 is 1.66 bits per heavy atom. The summed E-state index contributed by atoms with van der Waals surface area (Å²) in [5, 5.41) is 9.98. The molecule has 2 unspecified atom stereocenters. The molecule has 0 bridgehead atoms. The van der Waals surface area contributed by atoms with Gasteiger partial charge >= 0.3 is 29.2 Å². The number of aliphatic hydroxyl groups is 1. The molecule has 6 N–H and O–H groups in total. The van der Waals surface area contributed by atoms with Crippen molar-refractivity contribution in [2.75, 3.05) is 6.61 Å². The van der Waals surface area contributed by atoms with Crippen LogP contribution in [0.15, 0.2) is 15.8 Å². The van der Waals surface area contributed by atoms with E-state index in [1.165, 1.54) is 13.1 Å². The number of aryl methyl sites for hydroxylation is 1. The van der Waals surface area contributed by atoms with E-state index in [1.54, 1.807) is 0 Å². The van der Waals surface area contributed by atoms with E-state index in [0.29, 0.717) is 0 Å². The summed E-state index contributed by atoms with van der Waals surface area (Å²) in [6, 6.07) is 0. The number of hydrogen-bond donors (Lipinski definition) is 6. The van der Waals surface area contributed by atoms with E-state index in [4.69, 9.17) is 19.4 Å². The third kappa shape index (κ3) is 11.4. The van der Waals surface area contributed by atoms with Crippen LogP contribution >= 0.6 is 23.5 Å². The topological polar surface area (TPSA) is 244 Å². The Hall–Kier alpha value is 2.01. The predicted octanol–water partition coefficient (Wildman–Crippen LogP) is -2.31. The number of H-pyrrole nitrogens is 1. The molecule has 1 saturated heterocycles. The standard InChI is InChI=1S/C10H17N2O14P3.3Na/c1-5-3-12(10(15)11-9(5)14)8-2-6(13)7(24-8)4-23-28(19,20)26-29(21,22)25-27(16,17)18;;;/h3,6-8,13H,2,4H2,1H3,(H,19,20)(H,21,22)(H,11,14,15)(H2,16,17,18);;;/t6-,7+,8+;;;/m0.../s1. The third-order valence-electron chi connectivity index (χ3n) is 3.48. The smallest absolute Gasteiger partial charge is 0.390 e. The van der Waals surface area contributed by atoms with E-state index < -0.39 is 59.8 Å². The molecule has 3 radical (unpaired) electrons. The van der Waals surface area contributed by atoms with Crippen molar-refractivity contribution in [1.82, 2.24) is 9.55 Å². The number of phosphoric ester groups is 1. The summed E-state index contributed by atoms with van der Waals surface area (Å²) in [6.07, 6.45) is -2.67. The van der Waals surface area contributed by atoms with E-state index in [-0.39, 0.29) is 101 Å². The molecule has 0 aromatic carbocycles. The van der Waals surface area contributed by atoms with Crippen molar-refractivity contribution in [2.45, 2.75) is 31.8 Å². The Morgan fingerprint density at radius 3 is 2.19 bits per heavy atom. The molecule has 0 saturated carbocycles. The molecular weight excluding hydrogens is 534 g/mol. The first kappa shape index (κ1) is 36.2. The molecule has 32 heavy (non-hydrogen) atoms. The summed E-state index contributed by atoms with van der Waals surface area (Å²) < 4.78 is 51.3. The van der Waals surface area contributed by atoms with Crippen LogP contribution in [0.2, 0.25) is 0 Å². The van der Waals surface area contributed by atoms with E-state index in [1.807, 2.05) is 4.98 Å². The number of hydrogen-bond acceptors (Lipinski definition) is 10. The van der Waals surface area contributed by atoms with Crippen LogP contribution in [0.3, 0.4) is 0 Å². The molecule has 1 aliphatic rings. The predicted molar refractivity (Wildman–Crippen MR) is 108 cm³/mol. The zero-order valence-electron chi connectivity index (χ0n) is 17.4. The Morgan fingerprint density at radius 1 is 1.09 bits per heavy atom. The molecule has 2 rings (SSSR count). The third-order valence-corrected chi connectivity index (χ3v) is 7.28. The Bertz CT molecular complexity index is 1030. The van der Waals surface area contributed by atoms with Crippen LogP contribution in [-0.4, -0.2) is 142 Å². The molecule has 169 valence electrons. The summed E-state index contributed by atoms with van der Waals surface area (Å²) >= 11 is 0. The van der Waals surface area contributed by atoms with Gasteiger partial charge < -0.3 is 29.4 Å². The quantitative estimate of drug-likeness (QED) is 0.147. The molecule has 1 fully saturated rings. The fraction of sp³-hybridized carbons (Fsp3) is 0.600. The fourth-order valence-corrected chi connectivity index (χ4v) is 5.34. The van der Waals surface area contributed by atoms with Gasteiger partial charge in [-0.05, 0) is 6.92 Å². The molecule has 5 atom stereocenters. The van der Waals surface area contributed by atoms with Gasteiger partial charge in [0.25, 0.3) is 5.56 Å². The Labute approximate surface area is 246 Å². The molecule has 1 aromatic rings. The van der Waals surface area contributed by atoms with Crippen molar-refractivity contribution in [3.63, 3.8) is 0 Å². The van der Waals surface area contributed by atoms with Crippen LogP contribution in [0.5, 0.6) is 0 Å². The van der Waals surface area contributed by atoms with Crippen molar-refractivity contribution in [3.8, 4) is 0 Å². The van der Waals surface area contributed by atoms with Crippen LogP contribution < -0.4 is 11.2 Å². The summed E-state index contributed by atoms with van der Waals surface area (Å²) in [7, 11) is -16.6. The van der Waals surface area contributed by atoms with E-state index in [0.717, 1.165) is 4.57 Å². The van der Waals surface area contributed by atoms with Crippen LogP contribution in [0.4, 0.5) is 0 Å². The van der Waals surface area contributed by atoms with Crippen molar-refractivity contribution in [3.05, 3.63) is 32.6 Å². The molecule has 0 amide bonds. The Kier molecular flexibility index (Phi) is 15.9. The van der Waals surface area contributed by atoms with Gasteiger partial charge in [0, 0.05) is 107 Å². The molecule has 1 aliphatic heterocycles. The Balaban J connectivity index is 0. The van der Waals surface area contributed by atoms with Gasteiger partial charge in [-0.1, -0.05) is 0 Å². The first-order valence-corrected chi connectivity index (χ1v) is 12.0. The summed E-state index contributed by atoms with van der Waals surface area (Å²) in [4.78, 5) is 60.6. The minimum atomic E-state index is -5.67. The second-order valence-electron chi connectivity index (χ2n) is 5.80. The largest absolute Gasteiger partial charge is 0.490 e. The first-order valence-electron chi connectivity index (χ1n) is 7.52. The van der Waals surface area contributed by atoms with Gasteiger partial charge in [0.2, 0.25) is 0 Å². The molecular formula is C10H17N2Na3O14P3. The molecule has 2 heterocycles. The van der Waals surface area contributed by atoms with Crippen LogP contribution in [-0.2, 0) is 31.6 Å². The van der Waals surface area contributed by atoms with Crippen molar-refractivity contribution < 1.29 is 56.3 Å². The average Bonchev–Trinajstić information content (AvgIpc) is 2.86. The van der Waals surface area contributed by atoms with Gasteiger partial charge in [-0.2, -0.15) is 8.62 Å². The van der Waals surface area contributed by atoms with E-state index >= 15 is 0 Å². The van der Waals surface area contributed by atoms with Crippen LogP contribution in [0, 0.1) is 6.92 Å². The maximum atomic E-state index is 11.9. The zero-order chi connectivity index (χ0) is 22.2. The second kappa shape index (κ2) is 14.1. The first-order chi connectivity index (χ1) is 13.1. The summed E-state index contributed by atoms with van der Waals surface area (Å²) in [6.45, 7) is 0.547. The van der Waals surface area contributed by atoms with Gasteiger partial charge in [-0.15, -0.1) is 0 Å².